The largest absolute Gasteiger partial charge is 0.480 e. The molecule has 1 atom stereocenters. The van der Waals surface area contributed by atoms with Gasteiger partial charge in [-0.05, 0) is 24.9 Å². The van der Waals surface area contributed by atoms with Crippen LogP contribution in [-0.2, 0) is 4.79 Å². The number of rotatable bonds is 3. The van der Waals surface area contributed by atoms with Gasteiger partial charge in [0.1, 0.15) is 0 Å². The molecule has 3 nitrogen and oxygen atoms in total. The maximum Gasteiger partial charge on any atom is 0.317 e. The fourth-order valence-corrected chi connectivity index (χ4v) is 2.24. The van der Waals surface area contributed by atoms with E-state index in [4.69, 9.17) is 5.11 Å². The minimum absolute atomic E-state index is 0.152. The molecule has 1 aromatic rings. The van der Waals surface area contributed by atoms with Gasteiger partial charge in [0, 0.05) is 6.04 Å². The molecule has 0 radical (unpaired) electrons. The lowest BCUT2D eigenvalue weighted by molar-refractivity contribution is -0.138. The molecule has 0 aliphatic carbocycles. The maximum absolute atomic E-state index is 10.7. The van der Waals surface area contributed by atoms with E-state index in [1.54, 1.807) is 0 Å². The van der Waals surface area contributed by atoms with Crippen molar-refractivity contribution in [3.63, 3.8) is 0 Å². The Balaban J connectivity index is 2.11. The van der Waals surface area contributed by atoms with E-state index < -0.39 is 5.97 Å². The average Bonchev–Trinajstić information content (AvgIpc) is 2.66. The smallest absolute Gasteiger partial charge is 0.317 e. The molecule has 1 saturated heterocycles. The van der Waals surface area contributed by atoms with Gasteiger partial charge in [-0.3, -0.25) is 9.69 Å². The highest BCUT2D eigenvalue weighted by Gasteiger charge is 2.26. The van der Waals surface area contributed by atoms with Gasteiger partial charge in [0.2, 0.25) is 0 Å². The van der Waals surface area contributed by atoms with E-state index in [1.165, 1.54) is 5.56 Å². The highest BCUT2D eigenvalue weighted by molar-refractivity contribution is 5.69. The first-order valence-corrected chi connectivity index (χ1v) is 5.28. The van der Waals surface area contributed by atoms with Gasteiger partial charge >= 0.3 is 5.97 Å². The first-order chi connectivity index (χ1) is 7.27. The quantitative estimate of drug-likeness (QED) is 0.819. The van der Waals surface area contributed by atoms with Crippen LogP contribution in [0.5, 0.6) is 0 Å². The Morgan fingerprint density at radius 1 is 1.40 bits per heavy atom. The third-order valence-electron chi connectivity index (χ3n) is 2.89. The van der Waals surface area contributed by atoms with E-state index in [0.29, 0.717) is 6.04 Å². The van der Waals surface area contributed by atoms with E-state index >= 15 is 0 Å². The zero-order valence-corrected chi connectivity index (χ0v) is 8.60. The van der Waals surface area contributed by atoms with Crippen LogP contribution < -0.4 is 0 Å². The number of carboxylic acid groups (broad SMARTS) is 1. The van der Waals surface area contributed by atoms with E-state index in [0.717, 1.165) is 19.4 Å². The van der Waals surface area contributed by atoms with Crippen molar-refractivity contribution in [3.8, 4) is 0 Å². The van der Waals surface area contributed by atoms with Crippen LogP contribution in [0, 0.1) is 0 Å². The molecular weight excluding hydrogens is 190 g/mol. The van der Waals surface area contributed by atoms with Crippen molar-refractivity contribution in [2.75, 3.05) is 13.1 Å². The summed E-state index contributed by atoms with van der Waals surface area (Å²) in [6.45, 7) is 1.05. The molecule has 2 rings (SSSR count). The molecule has 1 aliphatic heterocycles. The van der Waals surface area contributed by atoms with Gasteiger partial charge in [-0.25, -0.2) is 0 Å². The van der Waals surface area contributed by atoms with Crippen LogP contribution in [0.2, 0.25) is 0 Å². The molecule has 1 fully saturated rings. The first kappa shape index (κ1) is 10.2. The Labute approximate surface area is 89.3 Å². The zero-order valence-electron chi connectivity index (χ0n) is 8.60. The van der Waals surface area contributed by atoms with Crippen molar-refractivity contribution < 1.29 is 9.90 Å². The molecule has 0 bridgehead atoms. The number of hydrogen-bond donors (Lipinski definition) is 1. The molecule has 1 aliphatic rings. The van der Waals surface area contributed by atoms with Crippen molar-refractivity contribution in [1.29, 1.82) is 0 Å². The summed E-state index contributed by atoms with van der Waals surface area (Å²) in [5.41, 5.74) is 1.23. The van der Waals surface area contributed by atoms with Crippen molar-refractivity contribution in [2.24, 2.45) is 0 Å². The van der Waals surface area contributed by atoms with Gasteiger partial charge in [-0.2, -0.15) is 0 Å². The Morgan fingerprint density at radius 2 is 2.13 bits per heavy atom. The van der Waals surface area contributed by atoms with Gasteiger partial charge in [0.15, 0.2) is 0 Å². The maximum atomic E-state index is 10.7. The van der Waals surface area contributed by atoms with Gasteiger partial charge in [0.05, 0.1) is 6.54 Å². The second kappa shape index (κ2) is 4.45. The topological polar surface area (TPSA) is 40.5 Å². The van der Waals surface area contributed by atoms with E-state index in [1.807, 2.05) is 23.1 Å². The van der Waals surface area contributed by atoms with Crippen LogP contribution in [-0.4, -0.2) is 29.1 Å². The Hall–Kier alpha value is -1.35. The second-order valence-electron chi connectivity index (χ2n) is 3.93. The Morgan fingerprint density at radius 3 is 2.80 bits per heavy atom. The first-order valence-electron chi connectivity index (χ1n) is 5.28. The standard InChI is InChI=1S/C12H15NO2/c14-12(15)9-13-8-4-7-11(13)10-5-2-1-3-6-10/h1-3,5-6,11H,4,7-9H2,(H,14,15). The SMILES string of the molecule is O=C(O)CN1CCCC1c1ccccc1. The van der Waals surface area contributed by atoms with Crippen molar-refractivity contribution in [2.45, 2.75) is 18.9 Å². The van der Waals surface area contributed by atoms with E-state index in [-0.39, 0.29) is 6.54 Å². The van der Waals surface area contributed by atoms with Crippen molar-refractivity contribution >= 4 is 5.97 Å². The van der Waals surface area contributed by atoms with Crippen LogP contribution in [0.15, 0.2) is 30.3 Å². The minimum Gasteiger partial charge on any atom is -0.480 e. The van der Waals surface area contributed by atoms with Gasteiger partial charge < -0.3 is 5.11 Å². The lowest BCUT2D eigenvalue weighted by Crippen LogP contribution is -2.29. The highest BCUT2D eigenvalue weighted by atomic mass is 16.4. The number of benzene rings is 1. The molecule has 1 unspecified atom stereocenters. The molecule has 0 amide bonds. The van der Waals surface area contributed by atoms with Crippen molar-refractivity contribution in [3.05, 3.63) is 35.9 Å². The number of carbonyl (C=O) groups is 1. The average molecular weight is 205 g/mol. The lowest BCUT2D eigenvalue weighted by Gasteiger charge is -2.22. The normalized spacial score (nSPS) is 21.7. The summed E-state index contributed by atoms with van der Waals surface area (Å²) >= 11 is 0. The fraction of sp³-hybridized carbons (Fsp3) is 0.417. The molecule has 80 valence electrons. The predicted molar refractivity (Wildman–Crippen MR) is 57.6 cm³/mol. The minimum atomic E-state index is -0.738. The Kier molecular flexibility index (Phi) is 3.02. The summed E-state index contributed by atoms with van der Waals surface area (Å²) in [7, 11) is 0. The third-order valence-corrected chi connectivity index (χ3v) is 2.89. The molecule has 1 aromatic carbocycles. The van der Waals surface area contributed by atoms with Crippen LogP contribution in [0.25, 0.3) is 0 Å². The number of aliphatic carboxylic acids is 1. The predicted octanol–water partition coefficient (Wildman–Crippen LogP) is 1.91. The van der Waals surface area contributed by atoms with Crippen LogP contribution in [0.1, 0.15) is 24.4 Å². The summed E-state index contributed by atoms with van der Waals surface area (Å²) < 4.78 is 0. The number of hydrogen-bond acceptors (Lipinski definition) is 2. The molecule has 1 N–H and O–H groups in total. The Bertz CT molecular complexity index is 337. The number of nitrogens with zero attached hydrogens (tertiary/aromatic N) is 1. The summed E-state index contributed by atoms with van der Waals surface area (Å²) in [5, 5.41) is 8.80. The molecule has 0 aromatic heterocycles. The van der Waals surface area contributed by atoms with Crippen LogP contribution in [0.4, 0.5) is 0 Å². The monoisotopic (exact) mass is 205 g/mol. The van der Waals surface area contributed by atoms with Gasteiger partial charge in [-0.1, -0.05) is 30.3 Å². The summed E-state index contributed by atoms with van der Waals surface area (Å²) in [4.78, 5) is 12.7. The third kappa shape index (κ3) is 2.36. The zero-order chi connectivity index (χ0) is 10.7. The molecular formula is C12H15NO2. The molecule has 0 spiro atoms. The molecule has 0 saturated carbocycles. The molecule has 15 heavy (non-hydrogen) atoms. The van der Waals surface area contributed by atoms with Gasteiger partial charge in [0.25, 0.3) is 0 Å². The summed E-state index contributed by atoms with van der Waals surface area (Å²) in [6, 6.07) is 10.4. The summed E-state index contributed by atoms with van der Waals surface area (Å²) in [5.74, 6) is -0.738. The second-order valence-corrected chi connectivity index (χ2v) is 3.93. The number of likely N-dealkylation sites (tertiary alicyclic amines) is 1. The fourth-order valence-electron chi connectivity index (χ4n) is 2.24. The van der Waals surface area contributed by atoms with E-state index in [2.05, 4.69) is 12.1 Å². The molecule has 1 heterocycles. The van der Waals surface area contributed by atoms with E-state index in [9.17, 15) is 4.79 Å². The number of carboxylic acids is 1. The van der Waals surface area contributed by atoms with Crippen LogP contribution in [0.3, 0.4) is 0 Å². The van der Waals surface area contributed by atoms with Crippen molar-refractivity contribution in [1.82, 2.24) is 4.90 Å². The highest BCUT2D eigenvalue weighted by Crippen LogP contribution is 2.31. The lowest BCUT2D eigenvalue weighted by atomic mass is 10.0. The molecule has 3 heteroatoms. The summed E-state index contributed by atoms with van der Waals surface area (Å²) in [6.07, 6.45) is 2.16. The van der Waals surface area contributed by atoms with Gasteiger partial charge in [-0.15, -0.1) is 0 Å². The van der Waals surface area contributed by atoms with Crippen LogP contribution >= 0.6 is 0 Å².